The number of hydrogen-bond acceptors (Lipinski definition) is 1. The molecule has 0 atom stereocenters. The lowest BCUT2D eigenvalue weighted by Gasteiger charge is -2.09. The molecule has 0 saturated carbocycles. The van der Waals surface area contributed by atoms with Crippen molar-refractivity contribution in [3.63, 3.8) is 0 Å². The highest BCUT2D eigenvalue weighted by molar-refractivity contribution is 5.95. The van der Waals surface area contributed by atoms with Crippen LogP contribution in [0.2, 0.25) is 0 Å². The van der Waals surface area contributed by atoms with Crippen molar-refractivity contribution in [1.82, 2.24) is 4.57 Å². The number of fused-ring (bicyclic) bond motifs is 1. The van der Waals surface area contributed by atoms with Crippen LogP contribution < -0.4 is 0 Å². The lowest BCUT2D eigenvalue weighted by Crippen LogP contribution is -2.00. The van der Waals surface area contributed by atoms with Crippen LogP contribution in [0.1, 0.15) is 35.7 Å². The van der Waals surface area contributed by atoms with Crippen molar-refractivity contribution in [2.75, 3.05) is 0 Å². The first-order valence-electron chi connectivity index (χ1n) is 5.33. The van der Waals surface area contributed by atoms with Gasteiger partial charge in [-0.1, -0.05) is 13.8 Å². The number of aryl methyl sites for hydroxylation is 1. The number of rotatable bonds is 2. The van der Waals surface area contributed by atoms with Gasteiger partial charge in [0.25, 0.3) is 0 Å². The predicted molar refractivity (Wildman–Crippen MR) is 64.0 cm³/mol. The molecule has 0 aliphatic rings. The van der Waals surface area contributed by atoms with Crippen molar-refractivity contribution in [2.24, 2.45) is 7.05 Å². The maximum absolute atomic E-state index is 11.0. The fraction of sp³-hybridized carbons (Fsp3) is 0.308. The molecule has 0 amide bonds. The first kappa shape index (κ1) is 10.7. The maximum atomic E-state index is 11.0. The zero-order valence-electron chi connectivity index (χ0n) is 9.69. The van der Waals surface area contributed by atoms with E-state index in [1.54, 1.807) is 12.1 Å². The number of carbonyl (C=O) groups is 1. The zero-order valence-corrected chi connectivity index (χ0v) is 9.69. The Labute approximate surface area is 94.3 Å². The third-order valence-electron chi connectivity index (χ3n) is 2.90. The first-order chi connectivity index (χ1) is 7.50. The molecule has 0 radical (unpaired) electrons. The van der Waals surface area contributed by atoms with Gasteiger partial charge in [-0.25, -0.2) is 4.79 Å². The van der Waals surface area contributed by atoms with E-state index >= 15 is 0 Å². The number of carboxylic acid groups (broad SMARTS) is 1. The fourth-order valence-corrected chi connectivity index (χ4v) is 2.00. The van der Waals surface area contributed by atoms with Crippen LogP contribution in [0.3, 0.4) is 0 Å². The van der Waals surface area contributed by atoms with Crippen LogP contribution in [-0.4, -0.2) is 15.6 Å². The molecule has 2 rings (SSSR count). The van der Waals surface area contributed by atoms with Gasteiger partial charge >= 0.3 is 5.97 Å². The summed E-state index contributed by atoms with van der Waals surface area (Å²) in [6.45, 7) is 4.15. The molecule has 0 bridgehead atoms. The molecule has 1 aromatic carbocycles. The Morgan fingerprint density at radius 3 is 2.62 bits per heavy atom. The van der Waals surface area contributed by atoms with Crippen molar-refractivity contribution >= 4 is 16.9 Å². The maximum Gasteiger partial charge on any atom is 0.335 e. The molecule has 0 saturated heterocycles. The second-order valence-electron chi connectivity index (χ2n) is 4.38. The van der Waals surface area contributed by atoms with Crippen molar-refractivity contribution in [1.29, 1.82) is 0 Å². The van der Waals surface area contributed by atoms with Crippen molar-refractivity contribution in [3.05, 3.63) is 35.5 Å². The average molecular weight is 217 g/mol. The highest BCUT2D eigenvalue weighted by Crippen LogP contribution is 2.27. The average Bonchev–Trinajstić information content (AvgIpc) is 2.59. The molecule has 0 unspecified atom stereocenters. The molecule has 0 spiro atoms. The van der Waals surface area contributed by atoms with Gasteiger partial charge in [0.2, 0.25) is 0 Å². The molecule has 1 aromatic heterocycles. The first-order valence-corrected chi connectivity index (χ1v) is 5.33. The normalized spacial score (nSPS) is 11.2. The molecule has 3 nitrogen and oxygen atoms in total. The van der Waals surface area contributed by atoms with E-state index in [0.717, 1.165) is 16.5 Å². The van der Waals surface area contributed by atoms with E-state index in [1.165, 1.54) is 0 Å². The molecule has 2 aromatic rings. The summed E-state index contributed by atoms with van der Waals surface area (Å²) in [6.07, 6.45) is 1.96. The van der Waals surface area contributed by atoms with Crippen molar-refractivity contribution in [2.45, 2.75) is 19.8 Å². The highest BCUT2D eigenvalue weighted by Gasteiger charge is 2.12. The monoisotopic (exact) mass is 217 g/mol. The molecule has 84 valence electrons. The summed E-state index contributed by atoms with van der Waals surface area (Å²) in [5.74, 6) is -0.547. The van der Waals surface area contributed by atoms with Gasteiger partial charge in [0.15, 0.2) is 0 Å². The predicted octanol–water partition coefficient (Wildman–Crippen LogP) is 3.00. The second kappa shape index (κ2) is 3.67. The largest absolute Gasteiger partial charge is 0.478 e. The highest BCUT2D eigenvalue weighted by atomic mass is 16.4. The van der Waals surface area contributed by atoms with Crippen LogP contribution in [0.5, 0.6) is 0 Å². The minimum atomic E-state index is -0.870. The van der Waals surface area contributed by atoms with Crippen LogP contribution in [0.25, 0.3) is 10.9 Å². The van der Waals surface area contributed by atoms with Gasteiger partial charge in [0.05, 0.1) is 5.56 Å². The summed E-state index contributed by atoms with van der Waals surface area (Å²) in [4.78, 5) is 11.0. The Morgan fingerprint density at radius 2 is 2.06 bits per heavy atom. The summed E-state index contributed by atoms with van der Waals surface area (Å²) >= 11 is 0. The minimum absolute atomic E-state index is 0.323. The van der Waals surface area contributed by atoms with E-state index in [9.17, 15) is 4.79 Å². The molecule has 3 heteroatoms. The fourth-order valence-electron chi connectivity index (χ4n) is 2.00. The Morgan fingerprint density at radius 1 is 1.38 bits per heavy atom. The van der Waals surface area contributed by atoms with E-state index in [-0.39, 0.29) is 0 Å². The van der Waals surface area contributed by atoms with Gasteiger partial charge < -0.3 is 9.67 Å². The van der Waals surface area contributed by atoms with E-state index in [0.29, 0.717) is 11.5 Å². The number of aromatic nitrogens is 1. The molecule has 0 fully saturated rings. The van der Waals surface area contributed by atoms with E-state index in [4.69, 9.17) is 5.11 Å². The SMILES string of the molecule is CC(C)c1cc(C(=O)O)cc2c1ccn2C. The standard InChI is InChI=1S/C13H15NO2/c1-8(2)11-6-9(13(15)16)7-12-10(11)4-5-14(12)3/h4-8H,1-3H3,(H,15,16). The topological polar surface area (TPSA) is 42.2 Å². The quantitative estimate of drug-likeness (QED) is 0.840. The van der Waals surface area contributed by atoms with Gasteiger partial charge in [0.1, 0.15) is 0 Å². The van der Waals surface area contributed by atoms with Crippen LogP contribution in [0.15, 0.2) is 24.4 Å². The third kappa shape index (κ3) is 1.58. The lowest BCUT2D eigenvalue weighted by atomic mass is 9.97. The molecular formula is C13H15NO2. The molecule has 1 N–H and O–H groups in total. The van der Waals surface area contributed by atoms with E-state index < -0.39 is 5.97 Å². The number of hydrogen-bond donors (Lipinski definition) is 1. The van der Waals surface area contributed by atoms with Crippen LogP contribution in [0.4, 0.5) is 0 Å². The van der Waals surface area contributed by atoms with Crippen LogP contribution in [0, 0.1) is 0 Å². The number of carboxylic acids is 1. The van der Waals surface area contributed by atoms with Gasteiger partial charge in [-0.15, -0.1) is 0 Å². The number of benzene rings is 1. The summed E-state index contributed by atoms with van der Waals surface area (Å²) in [5, 5.41) is 10.2. The number of aromatic carboxylic acids is 1. The Hall–Kier alpha value is -1.77. The zero-order chi connectivity index (χ0) is 11.9. The second-order valence-corrected chi connectivity index (χ2v) is 4.38. The van der Waals surface area contributed by atoms with E-state index in [1.807, 2.05) is 23.9 Å². The summed E-state index contributed by atoms with van der Waals surface area (Å²) in [6, 6.07) is 5.54. The molecule has 16 heavy (non-hydrogen) atoms. The van der Waals surface area contributed by atoms with Crippen LogP contribution >= 0.6 is 0 Å². The minimum Gasteiger partial charge on any atom is -0.478 e. The molecule has 0 aliphatic heterocycles. The number of nitrogens with zero attached hydrogens (tertiary/aromatic N) is 1. The molecule has 1 heterocycles. The van der Waals surface area contributed by atoms with Gasteiger partial charge in [-0.2, -0.15) is 0 Å². The third-order valence-corrected chi connectivity index (χ3v) is 2.90. The van der Waals surface area contributed by atoms with Crippen molar-refractivity contribution in [3.8, 4) is 0 Å². The smallest absolute Gasteiger partial charge is 0.335 e. The van der Waals surface area contributed by atoms with E-state index in [2.05, 4.69) is 13.8 Å². The molecular weight excluding hydrogens is 202 g/mol. The Kier molecular flexibility index (Phi) is 2.46. The summed E-state index contributed by atoms with van der Waals surface area (Å²) in [7, 11) is 1.93. The Balaban J connectivity index is 2.80. The van der Waals surface area contributed by atoms with Gasteiger partial charge in [-0.3, -0.25) is 0 Å². The lowest BCUT2D eigenvalue weighted by molar-refractivity contribution is 0.0697. The van der Waals surface area contributed by atoms with Crippen LogP contribution in [-0.2, 0) is 7.05 Å². The summed E-state index contributed by atoms with van der Waals surface area (Å²) < 4.78 is 1.95. The van der Waals surface area contributed by atoms with Crippen molar-refractivity contribution < 1.29 is 9.90 Å². The Bertz CT molecular complexity index is 552. The molecule has 0 aliphatic carbocycles. The van der Waals surface area contributed by atoms with Gasteiger partial charge in [-0.05, 0) is 29.7 Å². The summed E-state index contributed by atoms with van der Waals surface area (Å²) in [5.41, 5.74) is 2.43. The van der Waals surface area contributed by atoms with Gasteiger partial charge in [0, 0.05) is 24.1 Å².